The molecule has 0 N–H and O–H groups in total. The number of carbonyl (C=O) groups is 1. The van der Waals surface area contributed by atoms with Gasteiger partial charge in [-0.3, -0.25) is 9.78 Å². The summed E-state index contributed by atoms with van der Waals surface area (Å²) in [5.41, 5.74) is 2.49. The molecule has 0 amide bonds. The Morgan fingerprint density at radius 1 is 1.35 bits per heavy atom. The smallest absolute Gasteiger partial charge is 0.293 e. The third kappa shape index (κ3) is 2.92. The maximum absolute atomic E-state index is 10.5. The molecule has 0 saturated carbocycles. The first-order chi connectivity index (χ1) is 9.54. The van der Waals surface area contributed by atoms with E-state index >= 15 is 0 Å². The fourth-order valence-electron chi connectivity index (χ4n) is 1.82. The molecule has 20 heavy (non-hydrogen) atoms. The molecule has 1 aromatic heterocycles. The molecule has 0 bridgehead atoms. The molecular weight excluding hydrogens is 299 g/mol. The lowest BCUT2D eigenvalue weighted by atomic mass is 10.1. The molecule has 2 aromatic rings. The van der Waals surface area contributed by atoms with Crippen molar-refractivity contribution in [3.05, 3.63) is 45.8 Å². The Labute approximate surface area is 126 Å². The van der Waals surface area contributed by atoms with E-state index in [0.717, 1.165) is 5.69 Å². The first-order valence-electron chi connectivity index (χ1n) is 5.91. The van der Waals surface area contributed by atoms with Crippen LogP contribution in [0.4, 0.5) is 0 Å². The third-order valence-electron chi connectivity index (χ3n) is 2.77. The van der Waals surface area contributed by atoms with Gasteiger partial charge in [0, 0.05) is 11.8 Å². The number of ether oxygens (including phenoxy) is 1. The van der Waals surface area contributed by atoms with E-state index in [2.05, 4.69) is 9.97 Å². The maximum atomic E-state index is 10.5. The monoisotopic (exact) mass is 310 g/mol. The first-order valence-corrected chi connectivity index (χ1v) is 6.67. The highest BCUT2D eigenvalue weighted by Crippen LogP contribution is 2.35. The van der Waals surface area contributed by atoms with Crippen molar-refractivity contribution in [2.24, 2.45) is 0 Å². The summed E-state index contributed by atoms with van der Waals surface area (Å²) in [4.78, 5) is 19.2. The average Bonchev–Trinajstić information content (AvgIpc) is 2.42. The molecule has 1 aromatic carbocycles. The topological polar surface area (TPSA) is 52.1 Å². The van der Waals surface area contributed by atoms with E-state index in [4.69, 9.17) is 27.9 Å². The molecule has 104 valence electrons. The summed E-state index contributed by atoms with van der Waals surface area (Å²) in [5, 5.41) is 0.830. The van der Waals surface area contributed by atoms with Gasteiger partial charge in [-0.25, -0.2) is 4.98 Å². The molecule has 0 aliphatic carbocycles. The summed E-state index contributed by atoms with van der Waals surface area (Å²) in [6.45, 7) is 3.93. The number of aryl methyl sites for hydroxylation is 1. The number of aromatic nitrogens is 2. The Bertz CT molecular complexity index is 647. The van der Waals surface area contributed by atoms with Crippen LogP contribution in [0.2, 0.25) is 10.0 Å². The molecular formula is C14H12Cl2N2O2. The van der Waals surface area contributed by atoms with Crippen molar-refractivity contribution >= 4 is 29.7 Å². The van der Waals surface area contributed by atoms with E-state index in [-0.39, 0.29) is 0 Å². The fourth-order valence-corrected chi connectivity index (χ4v) is 2.21. The van der Waals surface area contributed by atoms with Crippen LogP contribution in [0.25, 0.3) is 11.3 Å². The highest BCUT2D eigenvalue weighted by Gasteiger charge is 2.19. The van der Waals surface area contributed by atoms with Gasteiger partial charge in [0.15, 0.2) is 0 Å². The van der Waals surface area contributed by atoms with E-state index in [1.165, 1.54) is 0 Å². The molecule has 6 heteroatoms. The van der Waals surface area contributed by atoms with Gasteiger partial charge in [0.1, 0.15) is 11.8 Å². The van der Waals surface area contributed by atoms with Crippen LogP contribution in [0.5, 0.6) is 0 Å². The van der Waals surface area contributed by atoms with Gasteiger partial charge in [0.2, 0.25) is 0 Å². The Morgan fingerprint density at radius 2 is 2.10 bits per heavy atom. The van der Waals surface area contributed by atoms with Gasteiger partial charge < -0.3 is 4.74 Å². The Balaban J connectivity index is 2.62. The lowest BCUT2D eigenvalue weighted by molar-refractivity contribution is -0.133. The predicted molar refractivity (Wildman–Crippen MR) is 77.8 cm³/mol. The van der Waals surface area contributed by atoms with E-state index in [1.807, 2.05) is 6.92 Å². The zero-order valence-corrected chi connectivity index (χ0v) is 12.4. The van der Waals surface area contributed by atoms with Gasteiger partial charge in [-0.2, -0.15) is 0 Å². The predicted octanol–water partition coefficient (Wildman–Crippen LogP) is 3.99. The van der Waals surface area contributed by atoms with Gasteiger partial charge >= 0.3 is 0 Å². The van der Waals surface area contributed by atoms with Crippen LogP contribution < -0.4 is 0 Å². The summed E-state index contributed by atoms with van der Waals surface area (Å²) >= 11 is 12.3. The number of carbonyl (C=O) groups excluding carboxylic acids is 1. The fraction of sp³-hybridized carbons (Fsp3) is 0.214. The maximum Gasteiger partial charge on any atom is 0.293 e. The molecule has 1 heterocycles. The summed E-state index contributed by atoms with van der Waals surface area (Å²) in [7, 11) is 0. The molecule has 2 rings (SSSR count). The quantitative estimate of drug-likeness (QED) is 0.801. The van der Waals surface area contributed by atoms with Gasteiger partial charge in [-0.05, 0) is 19.9 Å². The van der Waals surface area contributed by atoms with Crippen molar-refractivity contribution < 1.29 is 9.53 Å². The van der Waals surface area contributed by atoms with Crippen molar-refractivity contribution in [1.82, 2.24) is 9.97 Å². The van der Waals surface area contributed by atoms with Gasteiger partial charge in [0.25, 0.3) is 6.47 Å². The first kappa shape index (κ1) is 14.8. The van der Waals surface area contributed by atoms with Crippen molar-refractivity contribution in [3.63, 3.8) is 0 Å². The standard InChI is InChI=1S/C14H12Cl2N2O2/c1-8-6-17-13(9(2)20-7-19)14(18-8)10-4-3-5-11(15)12(10)16/h3-7,9H,1-2H3. The Hall–Kier alpha value is -1.65. The number of benzene rings is 1. The molecule has 4 nitrogen and oxygen atoms in total. The molecule has 0 saturated heterocycles. The van der Waals surface area contributed by atoms with Crippen LogP contribution in [-0.4, -0.2) is 16.4 Å². The zero-order valence-electron chi connectivity index (χ0n) is 10.9. The number of halogens is 2. The second kappa shape index (κ2) is 6.20. The van der Waals surface area contributed by atoms with E-state index in [9.17, 15) is 4.79 Å². The lowest BCUT2D eigenvalue weighted by Gasteiger charge is -2.15. The van der Waals surface area contributed by atoms with Gasteiger partial charge in [0.05, 0.1) is 21.4 Å². The van der Waals surface area contributed by atoms with Crippen LogP contribution in [0.1, 0.15) is 24.4 Å². The molecule has 0 aliphatic heterocycles. The number of rotatable bonds is 4. The van der Waals surface area contributed by atoms with Crippen LogP contribution in [0, 0.1) is 6.92 Å². The molecule has 0 spiro atoms. The van der Waals surface area contributed by atoms with Crippen molar-refractivity contribution in [2.75, 3.05) is 0 Å². The van der Waals surface area contributed by atoms with Crippen LogP contribution in [0.15, 0.2) is 24.4 Å². The molecule has 1 atom stereocenters. The minimum Gasteiger partial charge on any atom is -0.458 e. The van der Waals surface area contributed by atoms with Crippen LogP contribution in [0.3, 0.4) is 0 Å². The number of hydrogen-bond donors (Lipinski definition) is 0. The van der Waals surface area contributed by atoms with Crippen LogP contribution >= 0.6 is 23.2 Å². The van der Waals surface area contributed by atoms with Gasteiger partial charge in [-0.15, -0.1) is 0 Å². The summed E-state index contributed by atoms with van der Waals surface area (Å²) < 4.78 is 4.94. The zero-order chi connectivity index (χ0) is 14.7. The largest absolute Gasteiger partial charge is 0.458 e. The Morgan fingerprint density at radius 3 is 2.80 bits per heavy atom. The Kier molecular flexibility index (Phi) is 4.57. The minimum absolute atomic E-state index is 0.384. The molecule has 0 radical (unpaired) electrons. The third-order valence-corrected chi connectivity index (χ3v) is 3.59. The minimum atomic E-state index is -0.523. The van der Waals surface area contributed by atoms with Crippen LogP contribution in [-0.2, 0) is 9.53 Å². The number of nitrogens with zero attached hydrogens (tertiary/aromatic N) is 2. The molecule has 1 unspecified atom stereocenters. The summed E-state index contributed by atoms with van der Waals surface area (Å²) in [6, 6.07) is 5.28. The summed E-state index contributed by atoms with van der Waals surface area (Å²) in [5.74, 6) is 0. The van der Waals surface area contributed by atoms with Crippen molar-refractivity contribution in [1.29, 1.82) is 0 Å². The molecule has 0 fully saturated rings. The highest BCUT2D eigenvalue weighted by atomic mass is 35.5. The van der Waals surface area contributed by atoms with E-state index < -0.39 is 6.10 Å². The summed E-state index contributed by atoms with van der Waals surface area (Å²) in [6.07, 6.45) is 1.09. The van der Waals surface area contributed by atoms with Gasteiger partial charge in [-0.1, -0.05) is 35.3 Å². The number of hydrogen-bond acceptors (Lipinski definition) is 4. The second-order valence-corrected chi connectivity index (χ2v) is 5.01. The van der Waals surface area contributed by atoms with E-state index in [0.29, 0.717) is 33.5 Å². The second-order valence-electron chi connectivity index (χ2n) is 4.22. The molecule has 0 aliphatic rings. The van der Waals surface area contributed by atoms with E-state index in [1.54, 1.807) is 31.3 Å². The lowest BCUT2D eigenvalue weighted by Crippen LogP contribution is -2.06. The van der Waals surface area contributed by atoms with Crippen molar-refractivity contribution in [3.8, 4) is 11.3 Å². The normalized spacial score (nSPS) is 12.0. The average molecular weight is 311 g/mol. The van der Waals surface area contributed by atoms with Crippen molar-refractivity contribution in [2.45, 2.75) is 20.0 Å². The highest BCUT2D eigenvalue weighted by molar-refractivity contribution is 6.43. The SMILES string of the molecule is Cc1cnc(C(C)OC=O)c(-c2cccc(Cl)c2Cl)n1.